The van der Waals surface area contributed by atoms with E-state index in [-0.39, 0.29) is 12.6 Å². The molecule has 0 radical (unpaired) electrons. The van der Waals surface area contributed by atoms with Crippen LogP contribution in [0.4, 0.5) is 0 Å². The summed E-state index contributed by atoms with van der Waals surface area (Å²) in [4.78, 5) is 16.6. The molecule has 0 aliphatic carbocycles. The number of fused-ring (bicyclic) bond motifs is 1. The van der Waals surface area contributed by atoms with Crippen LogP contribution in [0.1, 0.15) is 29.0 Å². The van der Waals surface area contributed by atoms with Gasteiger partial charge in [0, 0.05) is 12.1 Å². The van der Waals surface area contributed by atoms with Crippen molar-refractivity contribution in [3.8, 4) is 11.8 Å². The highest BCUT2D eigenvalue weighted by Crippen LogP contribution is 2.22. The number of aryl methyl sites for hydroxylation is 1. The molecule has 1 aromatic heterocycles. The topological polar surface area (TPSA) is 67.9 Å². The minimum atomic E-state index is -0.387. The van der Waals surface area contributed by atoms with Crippen molar-refractivity contribution in [2.45, 2.75) is 19.8 Å². The second-order valence-corrected chi connectivity index (χ2v) is 5.43. The number of nitrogens with zero attached hydrogens (tertiary/aromatic N) is 3. The van der Waals surface area contributed by atoms with Gasteiger partial charge in [-0.25, -0.2) is 9.78 Å². The molecule has 0 bridgehead atoms. The van der Waals surface area contributed by atoms with Gasteiger partial charge in [-0.05, 0) is 43.7 Å². The zero-order valence-corrected chi connectivity index (χ0v) is 13.4. The fourth-order valence-corrected chi connectivity index (χ4v) is 2.63. The fourth-order valence-electron chi connectivity index (χ4n) is 2.63. The second kappa shape index (κ2) is 6.97. The van der Waals surface area contributed by atoms with E-state index in [9.17, 15) is 4.79 Å². The standard InChI is InChI=1S/C19H17N3O2/c1-14-21-17-13-15(19(23)24-12-6-5-11-20)9-10-18(17)22(14)16-7-3-2-4-8-16/h2-4,7-10,13H,5-6,12H2,1H3. The average molecular weight is 319 g/mol. The normalized spacial score (nSPS) is 10.5. The SMILES string of the molecule is Cc1nc2cc(C(=O)OCCCC#N)ccc2n1-c1ccccc1. The van der Waals surface area contributed by atoms with Gasteiger partial charge in [0.1, 0.15) is 5.82 Å². The lowest BCUT2D eigenvalue weighted by Gasteiger charge is -2.07. The number of carbonyl (C=O) groups is 1. The molecule has 3 aromatic rings. The molecule has 120 valence electrons. The maximum absolute atomic E-state index is 12.1. The maximum Gasteiger partial charge on any atom is 0.338 e. The minimum Gasteiger partial charge on any atom is -0.462 e. The van der Waals surface area contributed by atoms with E-state index in [1.165, 1.54) is 0 Å². The number of para-hydroxylation sites is 1. The molecule has 0 saturated carbocycles. The Bertz CT molecular complexity index is 908. The number of ether oxygens (including phenoxy) is 1. The molecular formula is C19H17N3O2. The number of aromatic nitrogens is 2. The number of nitriles is 1. The first-order chi connectivity index (χ1) is 11.7. The van der Waals surface area contributed by atoms with Crippen molar-refractivity contribution in [2.75, 3.05) is 6.61 Å². The van der Waals surface area contributed by atoms with E-state index in [1.54, 1.807) is 12.1 Å². The van der Waals surface area contributed by atoms with E-state index in [1.807, 2.05) is 49.4 Å². The highest BCUT2D eigenvalue weighted by Gasteiger charge is 2.13. The van der Waals surface area contributed by atoms with Gasteiger partial charge in [-0.1, -0.05) is 18.2 Å². The average Bonchev–Trinajstić information content (AvgIpc) is 2.94. The van der Waals surface area contributed by atoms with Crippen LogP contribution in [0.2, 0.25) is 0 Å². The van der Waals surface area contributed by atoms with Crippen molar-refractivity contribution in [3.63, 3.8) is 0 Å². The Balaban J connectivity index is 1.88. The van der Waals surface area contributed by atoms with Crippen molar-refractivity contribution < 1.29 is 9.53 Å². The van der Waals surface area contributed by atoms with Crippen LogP contribution >= 0.6 is 0 Å². The summed E-state index contributed by atoms with van der Waals surface area (Å²) >= 11 is 0. The number of rotatable bonds is 5. The molecule has 0 aliphatic heterocycles. The summed E-state index contributed by atoms with van der Waals surface area (Å²) in [6.07, 6.45) is 0.930. The van der Waals surface area contributed by atoms with Gasteiger partial charge in [-0.3, -0.25) is 4.57 Å². The van der Waals surface area contributed by atoms with Crippen LogP contribution in [0.5, 0.6) is 0 Å². The number of benzene rings is 2. The first-order valence-corrected chi connectivity index (χ1v) is 7.79. The van der Waals surface area contributed by atoms with E-state index >= 15 is 0 Å². The van der Waals surface area contributed by atoms with Crippen LogP contribution < -0.4 is 0 Å². The van der Waals surface area contributed by atoms with Crippen molar-refractivity contribution >= 4 is 17.0 Å². The zero-order chi connectivity index (χ0) is 16.9. The lowest BCUT2D eigenvalue weighted by atomic mass is 10.2. The summed E-state index contributed by atoms with van der Waals surface area (Å²) in [5.41, 5.74) is 3.20. The van der Waals surface area contributed by atoms with Gasteiger partial charge in [0.05, 0.1) is 29.3 Å². The third-order valence-electron chi connectivity index (χ3n) is 3.74. The molecule has 0 aliphatic rings. The van der Waals surface area contributed by atoms with Gasteiger partial charge in [0.25, 0.3) is 0 Å². The molecule has 0 amide bonds. The van der Waals surface area contributed by atoms with Gasteiger partial charge >= 0.3 is 5.97 Å². The molecular weight excluding hydrogens is 302 g/mol. The molecule has 0 unspecified atom stereocenters. The van der Waals surface area contributed by atoms with Crippen molar-refractivity contribution in [1.82, 2.24) is 9.55 Å². The highest BCUT2D eigenvalue weighted by atomic mass is 16.5. The van der Waals surface area contributed by atoms with Gasteiger partial charge in [0.2, 0.25) is 0 Å². The Morgan fingerprint density at radius 1 is 1.25 bits per heavy atom. The molecule has 1 heterocycles. The van der Waals surface area contributed by atoms with E-state index < -0.39 is 0 Å². The summed E-state index contributed by atoms with van der Waals surface area (Å²) < 4.78 is 7.23. The molecule has 0 spiro atoms. The third kappa shape index (κ3) is 3.13. The number of hydrogen-bond donors (Lipinski definition) is 0. The summed E-state index contributed by atoms with van der Waals surface area (Å²) in [6, 6.07) is 17.4. The van der Waals surface area contributed by atoms with Crippen LogP contribution in [-0.4, -0.2) is 22.1 Å². The van der Waals surface area contributed by atoms with Gasteiger partial charge in [-0.2, -0.15) is 5.26 Å². The lowest BCUT2D eigenvalue weighted by Crippen LogP contribution is -2.06. The molecule has 0 N–H and O–H groups in total. The summed E-state index contributed by atoms with van der Waals surface area (Å²) in [5, 5.41) is 8.49. The van der Waals surface area contributed by atoms with Gasteiger partial charge in [-0.15, -0.1) is 0 Å². The van der Waals surface area contributed by atoms with E-state index in [0.717, 1.165) is 22.5 Å². The van der Waals surface area contributed by atoms with Crippen LogP contribution in [0.3, 0.4) is 0 Å². The van der Waals surface area contributed by atoms with Crippen LogP contribution in [0, 0.1) is 18.3 Å². The number of carbonyl (C=O) groups excluding carboxylic acids is 1. The van der Waals surface area contributed by atoms with Gasteiger partial charge in [0.15, 0.2) is 0 Å². The van der Waals surface area contributed by atoms with Crippen LogP contribution in [0.25, 0.3) is 16.7 Å². The first kappa shape index (κ1) is 15.8. The highest BCUT2D eigenvalue weighted by molar-refractivity contribution is 5.94. The molecule has 0 fully saturated rings. The van der Waals surface area contributed by atoms with Gasteiger partial charge < -0.3 is 4.74 Å². The largest absolute Gasteiger partial charge is 0.462 e. The van der Waals surface area contributed by atoms with Crippen molar-refractivity contribution in [2.24, 2.45) is 0 Å². The smallest absolute Gasteiger partial charge is 0.338 e. The molecule has 3 rings (SSSR count). The Labute approximate surface area is 140 Å². The number of imidazole rings is 1. The van der Waals surface area contributed by atoms with Crippen molar-refractivity contribution in [3.05, 3.63) is 59.9 Å². The Kier molecular flexibility index (Phi) is 4.57. The Morgan fingerprint density at radius 3 is 2.79 bits per heavy atom. The molecule has 2 aromatic carbocycles. The second-order valence-electron chi connectivity index (χ2n) is 5.43. The zero-order valence-electron chi connectivity index (χ0n) is 13.4. The molecule has 0 atom stereocenters. The predicted octanol–water partition coefficient (Wildman–Crippen LogP) is 3.79. The maximum atomic E-state index is 12.1. The van der Waals surface area contributed by atoms with E-state index in [4.69, 9.17) is 10.00 Å². The number of unbranched alkanes of at least 4 members (excludes halogenated alkanes) is 1. The Hall–Kier alpha value is -3.13. The summed E-state index contributed by atoms with van der Waals surface area (Å²) in [5.74, 6) is 0.470. The Morgan fingerprint density at radius 2 is 2.04 bits per heavy atom. The van der Waals surface area contributed by atoms with Crippen LogP contribution in [-0.2, 0) is 4.74 Å². The third-order valence-corrected chi connectivity index (χ3v) is 3.74. The van der Waals surface area contributed by atoms with Crippen LogP contribution in [0.15, 0.2) is 48.5 Å². The summed E-state index contributed by atoms with van der Waals surface area (Å²) in [6.45, 7) is 2.19. The van der Waals surface area contributed by atoms with E-state index in [2.05, 4.69) is 9.55 Å². The molecule has 5 heteroatoms. The first-order valence-electron chi connectivity index (χ1n) is 7.79. The summed E-state index contributed by atoms with van der Waals surface area (Å²) in [7, 11) is 0. The number of hydrogen-bond acceptors (Lipinski definition) is 4. The fraction of sp³-hybridized carbons (Fsp3) is 0.211. The predicted molar refractivity (Wildman–Crippen MR) is 90.9 cm³/mol. The molecule has 0 saturated heterocycles. The molecule has 5 nitrogen and oxygen atoms in total. The monoisotopic (exact) mass is 319 g/mol. The number of esters is 1. The molecule has 24 heavy (non-hydrogen) atoms. The minimum absolute atomic E-state index is 0.252. The quantitative estimate of drug-likeness (QED) is 0.530. The lowest BCUT2D eigenvalue weighted by molar-refractivity contribution is 0.0502. The van der Waals surface area contributed by atoms with E-state index in [0.29, 0.717) is 18.4 Å². The van der Waals surface area contributed by atoms with Crippen molar-refractivity contribution in [1.29, 1.82) is 5.26 Å².